The topological polar surface area (TPSA) is 50.9 Å². The van der Waals surface area contributed by atoms with Crippen molar-refractivity contribution in [1.29, 1.82) is 5.41 Å². The van der Waals surface area contributed by atoms with Crippen LogP contribution in [0, 0.1) is 18.3 Å². The summed E-state index contributed by atoms with van der Waals surface area (Å²) >= 11 is 3.42. The summed E-state index contributed by atoms with van der Waals surface area (Å²) in [5.74, 6) is 1.37. The SMILES string of the molecule is CC(C)/C=C1\C(=N)C=CC=C1Br.COC1=CC=C(Cn2nc(C(F)(F)F)cc2C)CC1. The Labute approximate surface area is 189 Å². The molecule has 1 aromatic rings. The maximum atomic E-state index is 12.5. The third-order valence-electron chi connectivity index (χ3n) is 4.64. The van der Waals surface area contributed by atoms with E-state index in [0.717, 1.165) is 40.3 Å². The van der Waals surface area contributed by atoms with Gasteiger partial charge in [-0.15, -0.1) is 0 Å². The van der Waals surface area contributed by atoms with Crippen LogP contribution in [0.2, 0.25) is 0 Å². The van der Waals surface area contributed by atoms with E-state index in [-0.39, 0.29) is 0 Å². The van der Waals surface area contributed by atoms with Crippen molar-refractivity contribution in [3.05, 3.63) is 75.3 Å². The van der Waals surface area contributed by atoms with E-state index in [2.05, 4.69) is 41.0 Å². The summed E-state index contributed by atoms with van der Waals surface area (Å²) in [5.41, 5.74) is 2.29. The molecule has 8 heteroatoms. The first-order valence-corrected chi connectivity index (χ1v) is 10.7. The van der Waals surface area contributed by atoms with E-state index in [4.69, 9.17) is 10.1 Å². The molecule has 0 bridgehead atoms. The Morgan fingerprint density at radius 3 is 2.45 bits per heavy atom. The highest BCUT2D eigenvalue weighted by atomic mass is 79.9. The normalized spacial score (nSPS) is 17.8. The van der Waals surface area contributed by atoms with Crippen LogP contribution in [-0.2, 0) is 17.5 Å². The third kappa shape index (κ3) is 7.38. The molecule has 31 heavy (non-hydrogen) atoms. The van der Waals surface area contributed by atoms with Crippen LogP contribution in [0.3, 0.4) is 0 Å². The molecule has 0 unspecified atom stereocenters. The first-order valence-electron chi connectivity index (χ1n) is 9.90. The quantitative estimate of drug-likeness (QED) is 0.491. The molecule has 1 aromatic heterocycles. The van der Waals surface area contributed by atoms with E-state index in [0.29, 0.717) is 23.9 Å². The summed E-state index contributed by atoms with van der Waals surface area (Å²) < 4.78 is 45.1. The zero-order valence-electron chi connectivity index (χ0n) is 18.1. The molecule has 0 aromatic carbocycles. The predicted octanol–water partition coefficient (Wildman–Crippen LogP) is 6.90. The predicted molar refractivity (Wildman–Crippen MR) is 121 cm³/mol. The first-order chi connectivity index (χ1) is 14.5. The second kappa shape index (κ2) is 10.8. The molecule has 0 amide bonds. The lowest BCUT2D eigenvalue weighted by atomic mass is 10.0. The number of hydrogen-bond acceptors (Lipinski definition) is 3. The van der Waals surface area contributed by atoms with Gasteiger partial charge < -0.3 is 10.1 Å². The van der Waals surface area contributed by atoms with Gasteiger partial charge in [0, 0.05) is 22.2 Å². The Morgan fingerprint density at radius 1 is 1.26 bits per heavy atom. The molecule has 168 valence electrons. The van der Waals surface area contributed by atoms with Gasteiger partial charge in [0.2, 0.25) is 0 Å². The zero-order chi connectivity index (χ0) is 23.2. The minimum absolute atomic E-state index is 0.384. The van der Waals surface area contributed by atoms with Crippen molar-refractivity contribution >= 4 is 21.6 Å². The maximum Gasteiger partial charge on any atom is 0.435 e. The Hall–Kier alpha value is -2.35. The molecular weight excluding hydrogens is 471 g/mol. The fourth-order valence-corrected chi connectivity index (χ4v) is 3.50. The van der Waals surface area contributed by atoms with Crippen molar-refractivity contribution in [2.24, 2.45) is 5.92 Å². The average molecular weight is 498 g/mol. The van der Waals surface area contributed by atoms with E-state index in [1.807, 2.05) is 24.3 Å². The molecule has 3 rings (SSSR count). The second-order valence-electron chi connectivity index (χ2n) is 7.60. The molecule has 0 atom stereocenters. The largest absolute Gasteiger partial charge is 0.501 e. The van der Waals surface area contributed by atoms with Crippen LogP contribution in [0.1, 0.15) is 38.1 Å². The van der Waals surface area contributed by atoms with Crippen molar-refractivity contribution in [2.75, 3.05) is 7.11 Å². The molecule has 2 aliphatic carbocycles. The molecule has 0 radical (unpaired) electrons. The summed E-state index contributed by atoms with van der Waals surface area (Å²) in [7, 11) is 1.61. The summed E-state index contributed by atoms with van der Waals surface area (Å²) in [4.78, 5) is 0. The number of alkyl halides is 3. The fraction of sp³-hybridized carbons (Fsp3) is 0.391. The molecule has 2 aliphatic rings. The van der Waals surface area contributed by atoms with Crippen LogP contribution < -0.4 is 0 Å². The Kier molecular flexibility index (Phi) is 8.68. The molecule has 0 saturated heterocycles. The monoisotopic (exact) mass is 497 g/mol. The van der Waals surface area contributed by atoms with E-state index in [1.165, 1.54) is 4.68 Å². The Balaban J connectivity index is 0.000000245. The molecule has 1 heterocycles. The molecule has 0 fully saturated rings. The van der Waals surface area contributed by atoms with Crippen molar-refractivity contribution < 1.29 is 17.9 Å². The summed E-state index contributed by atoms with van der Waals surface area (Å²) in [6, 6.07) is 1.07. The molecule has 0 spiro atoms. The lowest BCUT2D eigenvalue weighted by Gasteiger charge is -2.14. The minimum atomic E-state index is -4.39. The summed E-state index contributed by atoms with van der Waals surface area (Å²) in [6.45, 7) is 6.23. The standard InChI is InChI=1S/C13H15F3N2O.C10H12BrN/c1-9-7-12(13(14,15)16)17-18(9)8-10-3-5-11(19-2)6-4-10;1-7(2)6-8-9(11)4-3-5-10(8)12/h3,5,7H,4,6,8H2,1-2H3;3-7,12H,1-2H3/b;8-6-,12-10?. The van der Waals surface area contributed by atoms with Crippen LogP contribution >= 0.6 is 15.9 Å². The third-order valence-corrected chi connectivity index (χ3v) is 5.33. The van der Waals surface area contributed by atoms with Gasteiger partial charge in [-0.3, -0.25) is 4.68 Å². The number of ether oxygens (including phenoxy) is 1. The van der Waals surface area contributed by atoms with Crippen molar-refractivity contribution in [3.63, 3.8) is 0 Å². The van der Waals surface area contributed by atoms with Crippen LogP contribution in [0.25, 0.3) is 0 Å². The highest BCUT2D eigenvalue weighted by molar-refractivity contribution is 9.12. The minimum Gasteiger partial charge on any atom is -0.501 e. The number of nitrogens with one attached hydrogen (secondary N) is 1. The maximum absolute atomic E-state index is 12.5. The Morgan fingerprint density at radius 2 is 1.97 bits per heavy atom. The summed E-state index contributed by atoms with van der Waals surface area (Å²) in [6.07, 6.45) is 8.63. The fourth-order valence-electron chi connectivity index (χ4n) is 3.00. The first kappa shape index (κ1) is 24.9. The number of aromatic nitrogens is 2. The Bertz CT molecular complexity index is 963. The van der Waals surface area contributed by atoms with E-state index in [9.17, 15) is 13.2 Å². The molecule has 1 N–H and O–H groups in total. The van der Waals surface area contributed by atoms with Crippen LogP contribution in [-0.4, -0.2) is 22.6 Å². The van der Waals surface area contributed by atoms with Crippen molar-refractivity contribution in [2.45, 2.75) is 46.3 Å². The van der Waals surface area contributed by atoms with Gasteiger partial charge in [-0.25, -0.2) is 0 Å². The number of allylic oxidation sites excluding steroid dienone is 10. The highest BCUT2D eigenvalue weighted by Crippen LogP contribution is 2.29. The number of methoxy groups -OCH3 is 1. The van der Waals surface area contributed by atoms with Crippen molar-refractivity contribution in [1.82, 2.24) is 9.78 Å². The van der Waals surface area contributed by atoms with Gasteiger partial charge in [0.05, 0.1) is 25.1 Å². The molecule has 0 aliphatic heterocycles. The lowest BCUT2D eigenvalue weighted by molar-refractivity contribution is -0.141. The number of halogens is 4. The van der Waals surface area contributed by atoms with Gasteiger partial charge in [-0.2, -0.15) is 18.3 Å². The number of aryl methyl sites for hydroxylation is 1. The van der Waals surface area contributed by atoms with Gasteiger partial charge in [0.15, 0.2) is 5.69 Å². The number of hydrogen-bond donors (Lipinski definition) is 1. The van der Waals surface area contributed by atoms with Crippen molar-refractivity contribution in [3.8, 4) is 0 Å². The lowest BCUT2D eigenvalue weighted by Crippen LogP contribution is -2.10. The molecule has 0 saturated carbocycles. The van der Waals surface area contributed by atoms with Gasteiger partial charge in [-0.05, 0) is 49.1 Å². The van der Waals surface area contributed by atoms with E-state index in [1.54, 1.807) is 20.1 Å². The van der Waals surface area contributed by atoms with Gasteiger partial charge >= 0.3 is 6.18 Å². The number of nitrogens with zero attached hydrogens (tertiary/aromatic N) is 2. The smallest absolute Gasteiger partial charge is 0.435 e. The average Bonchev–Trinajstić information content (AvgIpc) is 3.07. The van der Waals surface area contributed by atoms with Gasteiger partial charge in [0.25, 0.3) is 0 Å². The van der Waals surface area contributed by atoms with Crippen LogP contribution in [0.15, 0.2) is 63.9 Å². The number of rotatable bonds is 4. The van der Waals surface area contributed by atoms with E-state index < -0.39 is 11.9 Å². The van der Waals surface area contributed by atoms with E-state index >= 15 is 0 Å². The van der Waals surface area contributed by atoms with Crippen LogP contribution in [0.4, 0.5) is 13.2 Å². The highest BCUT2D eigenvalue weighted by Gasteiger charge is 2.34. The van der Waals surface area contributed by atoms with Gasteiger partial charge in [-0.1, -0.05) is 48.0 Å². The van der Waals surface area contributed by atoms with Gasteiger partial charge in [0.1, 0.15) is 0 Å². The van der Waals surface area contributed by atoms with Crippen LogP contribution in [0.5, 0.6) is 0 Å². The summed E-state index contributed by atoms with van der Waals surface area (Å²) in [5, 5.41) is 11.3. The second-order valence-corrected chi connectivity index (χ2v) is 8.45. The zero-order valence-corrected chi connectivity index (χ0v) is 19.6. The molecule has 4 nitrogen and oxygen atoms in total. The molecular formula is C23H27BrF3N3O.